The molecule has 108 valence electrons. The number of imide groups is 1. The maximum atomic E-state index is 12.2. The predicted octanol–water partition coefficient (Wildman–Crippen LogP) is 1.47. The quantitative estimate of drug-likeness (QED) is 0.773. The smallest absolute Gasteiger partial charge is 0.258 e. The fraction of sp³-hybridized carbons (Fsp3) is 0.500. The molecule has 3 amide bonds. The van der Waals surface area contributed by atoms with E-state index in [9.17, 15) is 14.4 Å². The predicted molar refractivity (Wildman–Crippen MR) is 77.5 cm³/mol. The maximum absolute atomic E-state index is 12.2. The second-order valence-corrected chi connectivity index (χ2v) is 6.25. The van der Waals surface area contributed by atoms with E-state index in [1.165, 1.54) is 11.8 Å². The summed E-state index contributed by atoms with van der Waals surface area (Å²) in [5, 5.41) is 4.94. The van der Waals surface area contributed by atoms with Crippen LogP contribution in [0.25, 0.3) is 0 Å². The number of carbonyl (C=O) groups is 3. The van der Waals surface area contributed by atoms with Crippen LogP contribution >= 0.6 is 11.8 Å². The molecular formula is C14H18N2O3S. The average Bonchev–Trinajstić information content (AvgIpc) is 2.41. The Morgan fingerprint density at radius 1 is 1.45 bits per heavy atom. The van der Waals surface area contributed by atoms with Crippen LogP contribution in [0.2, 0.25) is 0 Å². The van der Waals surface area contributed by atoms with Crippen molar-refractivity contribution in [2.24, 2.45) is 5.92 Å². The fourth-order valence-electron chi connectivity index (χ4n) is 2.20. The van der Waals surface area contributed by atoms with Gasteiger partial charge in [-0.3, -0.25) is 19.7 Å². The van der Waals surface area contributed by atoms with Crippen LogP contribution in [-0.4, -0.2) is 23.8 Å². The second-order valence-electron chi connectivity index (χ2n) is 4.96. The number of amides is 3. The molecule has 0 bridgehead atoms. The molecule has 5 nitrogen and oxygen atoms in total. The zero-order valence-electron chi connectivity index (χ0n) is 11.6. The van der Waals surface area contributed by atoms with Gasteiger partial charge in [-0.25, -0.2) is 0 Å². The third-order valence-corrected chi connectivity index (χ3v) is 4.32. The normalized spacial score (nSPS) is 26.5. The summed E-state index contributed by atoms with van der Waals surface area (Å²) in [6.45, 7) is 4.04. The van der Waals surface area contributed by atoms with Gasteiger partial charge in [0, 0.05) is 6.42 Å². The van der Waals surface area contributed by atoms with E-state index in [1.807, 2.05) is 13.0 Å². The van der Waals surface area contributed by atoms with Crippen LogP contribution in [0.5, 0.6) is 0 Å². The minimum Gasteiger partial charge on any atom is -0.340 e. The summed E-state index contributed by atoms with van der Waals surface area (Å²) in [7, 11) is 0. The Morgan fingerprint density at radius 3 is 2.85 bits per heavy atom. The molecule has 20 heavy (non-hydrogen) atoms. The number of piperidine rings is 1. The summed E-state index contributed by atoms with van der Waals surface area (Å²) in [6.07, 6.45) is 5.62. The number of allylic oxidation sites excluding steroid dienone is 3. The van der Waals surface area contributed by atoms with E-state index in [-0.39, 0.29) is 24.2 Å². The lowest BCUT2D eigenvalue weighted by atomic mass is 10.0. The largest absolute Gasteiger partial charge is 0.340 e. The van der Waals surface area contributed by atoms with E-state index in [0.29, 0.717) is 11.3 Å². The first-order valence-electron chi connectivity index (χ1n) is 6.72. The summed E-state index contributed by atoms with van der Waals surface area (Å²) in [6, 6.07) is -0.618. The summed E-state index contributed by atoms with van der Waals surface area (Å²) >= 11 is 1.42. The Hall–Kier alpha value is -1.56. The van der Waals surface area contributed by atoms with Crippen molar-refractivity contribution in [3.8, 4) is 0 Å². The first-order valence-corrected chi connectivity index (χ1v) is 7.54. The van der Waals surface area contributed by atoms with Crippen molar-refractivity contribution in [1.82, 2.24) is 10.6 Å². The lowest BCUT2D eigenvalue weighted by molar-refractivity contribution is -0.136. The molecule has 0 spiro atoms. The van der Waals surface area contributed by atoms with Crippen molar-refractivity contribution in [3.05, 3.63) is 22.0 Å². The Kier molecular flexibility index (Phi) is 4.65. The van der Waals surface area contributed by atoms with Crippen molar-refractivity contribution >= 4 is 29.5 Å². The Labute approximate surface area is 122 Å². The van der Waals surface area contributed by atoms with Gasteiger partial charge in [-0.15, -0.1) is 0 Å². The van der Waals surface area contributed by atoms with Crippen molar-refractivity contribution in [3.63, 3.8) is 0 Å². The lowest BCUT2D eigenvalue weighted by Crippen LogP contribution is -2.52. The molecule has 2 N–H and O–H groups in total. The highest BCUT2D eigenvalue weighted by Crippen LogP contribution is 2.33. The third kappa shape index (κ3) is 3.50. The number of hydrogen-bond acceptors (Lipinski definition) is 4. The summed E-state index contributed by atoms with van der Waals surface area (Å²) in [5.74, 6) is -0.680. The lowest BCUT2D eigenvalue weighted by Gasteiger charge is -2.23. The molecule has 0 aromatic heterocycles. The SMILES string of the molecule is CCC1C=C(C)SC(C(=O)NC2CCC(=O)NC2=O)=C1. The highest BCUT2D eigenvalue weighted by molar-refractivity contribution is 8.07. The van der Waals surface area contributed by atoms with Gasteiger partial charge < -0.3 is 5.32 Å². The third-order valence-electron chi connectivity index (χ3n) is 3.32. The first-order chi connectivity index (χ1) is 9.49. The van der Waals surface area contributed by atoms with E-state index in [1.54, 1.807) is 0 Å². The molecule has 0 aromatic carbocycles. The number of thioether (sulfide) groups is 1. The number of nitrogens with one attached hydrogen (secondary N) is 2. The topological polar surface area (TPSA) is 75.3 Å². The molecule has 6 heteroatoms. The molecule has 2 heterocycles. The fourth-order valence-corrected chi connectivity index (χ4v) is 3.19. The van der Waals surface area contributed by atoms with Crippen LogP contribution in [0, 0.1) is 5.92 Å². The van der Waals surface area contributed by atoms with Crippen molar-refractivity contribution in [2.45, 2.75) is 39.2 Å². The van der Waals surface area contributed by atoms with E-state index in [4.69, 9.17) is 0 Å². The van der Waals surface area contributed by atoms with Gasteiger partial charge in [0.25, 0.3) is 5.91 Å². The minimum absolute atomic E-state index is 0.240. The molecule has 1 fully saturated rings. The van der Waals surface area contributed by atoms with Gasteiger partial charge in [0.2, 0.25) is 11.8 Å². The van der Waals surface area contributed by atoms with Crippen LogP contribution in [0.1, 0.15) is 33.1 Å². The van der Waals surface area contributed by atoms with Crippen LogP contribution in [0.3, 0.4) is 0 Å². The summed E-state index contributed by atoms with van der Waals surface area (Å²) < 4.78 is 0. The van der Waals surface area contributed by atoms with Crippen molar-refractivity contribution < 1.29 is 14.4 Å². The first kappa shape index (κ1) is 14.8. The second kappa shape index (κ2) is 6.26. The summed E-state index contributed by atoms with van der Waals surface area (Å²) in [5.41, 5.74) is 0. The molecule has 2 rings (SSSR count). The van der Waals surface area contributed by atoms with Gasteiger partial charge in [-0.05, 0) is 30.6 Å². The van der Waals surface area contributed by atoms with Gasteiger partial charge in [0.05, 0.1) is 4.91 Å². The van der Waals surface area contributed by atoms with Crippen molar-refractivity contribution in [2.75, 3.05) is 0 Å². The van der Waals surface area contributed by atoms with E-state index < -0.39 is 11.9 Å². The maximum Gasteiger partial charge on any atom is 0.258 e. The number of hydrogen-bond donors (Lipinski definition) is 2. The number of rotatable bonds is 3. The molecule has 0 aliphatic carbocycles. The standard InChI is InChI=1S/C14H18N2O3S/c1-3-9-6-8(2)20-11(7-9)14(19)15-10-4-5-12(17)16-13(10)18/h6-7,9-10H,3-5H2,1-2H3,(H,15,19)(H,16,17,18). The van der Waals surface area contributed by atoms with Gasteiger partial charge in [-0.2, -0.15) is 0 Å². The Bertz CT molecular complexity index is 511. The average molecular weight is 294 g/mol. The molecule has 2 unspecified atom stereocenters. The monoisotopic (exact) mass is 294 g/mol. The molecule has 0 aromatic rings. The van der Waals surface area contributed by atoms with Gasteiger partial charge in [0.15, 0.2) is 0 Å². The van der Waals surface area contributed by atoms with Crippen LogP contribution in [0.4, 0.5) is 0 Å². The molecule has 2 aliphatic heterocycles. The van der Waals surface area contributed by atoms with Crippen LogP contribution < -0.4 is 10.6 Å². The van der Waals surface area contributed by atoms with Crippen molar-refractivity contribution in [1.29, 1.82) is 0 Å². The molecular weight excluding hydrogens is 276 g/mol. The van der Waals surface area contributed by atoms with Gasteiger partial charge >= 0.3 is 0 Å². The highest BCUT2D eigenvalue weighted by Gasteiger charge is 2.29. The zero-order chi connectivity index (χ0) is 14.7. The molecule has 0 saturated carbocycles. The minimum atomic E-state index is -0.618. The highest BCUT2D eigenvalue weighted by atomic mass is 32.2. The van der Waals surface area contributed by atoms with E-state index >= 15 is 0 Å². The van der Waals surface area contributed by atoms with E-state index in [0.717, 1.165) is 11.3 Å². The van der Waals surface area contributed by atoms with E-state index in [2.05, 4.69) is 23.6 Å². The number of carbonyl (C=O) groups excluding carboxylic acids is 3. The van der Waals surface area contributed by atoms with Gasteiger partial charge in [-0.1, -0.05) is 30.8 Å². The van der Waals surface area contributed by atoms with Gasteiger partial charge in [0.1, 0.15) is 6.04 Å². The zero-order valence-corrected chi connectivity index (χ0v) is 12.4. The molecule has 0 radical (unpaired) electrons. The Balaban J connectivity index is 2.00. The Morgan fingerprint density at radius 2 is 2.20 bits per heavy atom. The molecule has 2 aliphatic rings. The van der Waals surface area contributed by atoms with Crippen LogP contribution in [-0.2, 0) is 14.4 Å². The molecule has 2 atom stereocenters. The van der Waals surface area contributed by atoms with Crippen LogP contribution in [0.15, 0.2) is 22.0 Å². The molecule has 1 saturated heterocycles. The summed E-state index contributed by atoms with van der Waals surface area (Å²) in [4.78, 5) is 36.6.